The molecule has 1 fully saturated rings. The summed E-state index contributed by atoms with van der Waals surface area (Å²) < 4.78 is 1.95. The van der Waals surface area contributed by atoms with Crippen molar-refractivity contribution < 1.29 is 5.21 Å². The molecule has 4 heteroatoms. The van der Waals surface area contributed by atoms with Gasteiger partial charge in [-0.3, -0.25) is 0 Å². The van der Waals surface area contributed by atoms with E-state index in [1.165, 1.54) is 19.3 Å². The summed E-state index contributed by atoms with van der Waals surface area (Å²) in [6.45, 7) is 0.668. The highest BCUT2D eigenvalue weighted by atomic mass is 16.4. The Bertz CT molecular complexity index is 313. The average molecular weight is 207 g/mol. The summed E-state index contributed by atoms with van der Waals surface area (Å²) in [6.07, 6.45) is 11.6. The molecular weight excluding hydrogens is 190 g/mol. The van der Waals surface area contributed by atoms with Crippen LogP contribution in [0.1, 0.15) is 32.1 Å². The van der Waals surface area contributed by atoms with Gasteiger partial charge in [-0.1, -0.05) is 24.4 Å². The molecule has 1 N–H and O–H groups in total. The lowest BCUT2D eigenvalue weighted by atomic mass is 9.86. The third kappa shape index (κ3) is 2.58. The van der Waals surface area contributed by atoms with E-state index in [-0.39, 0.29) is 0 Å². The van der Waals surface area contributed by atoms with E-state index in [4.69, 9.17) is 5.21 Å². The maximum atomic E-state index is 9.03. The third-order valence-corrected chi connectivity index (χ3v) is 3.11. The molecule has 82 valence electrons. The largest absolute Gasteiger partial charge is 0.411 e. The highest BCUT2D eigenvalue weighted by Gasteiger charge is 2.19. The maximum absolute atomic E-state index is 9.03. The van der Waals surface area contributed by atoms with E-state index >= 15 is 0 Å². The van der Waals surface area contributed by atoms with Gasteiger partial charge in [-0.05, 0) is 12.8 Å². The van der Waals surface area contributed by atoms with Gasteiger partial charge < -0.3 is 9.77 Å². The molecule has 0 unspecified atom stereocenters. The van der Waals surface area contributed by atoms with Crippen molar-refractivity contribution in [1.82, 2.24) is 9.55 Å². The zero-order valence-corrected chi connectivity index (χ0v) is 8.84. The van der Waals surface area contributed by atoms with E-state index in [9.17, 15) is 0 Å². The van der Waals surface area contributed by atoms with Gasteiger partial charge in [-0.15, -0.1) is 0 Å². The number of hydrogen-bond donors (Lipinski definition) is 1. The normalized spacial score (nSPS) is 19.3. The number of rotatable bonds is 3. The molecule has 0 bridgehead atoms. The number of oxime groups is 1. The Morgan fingerprint density at radius 1 is 1.40 bits per heavy atom. The summed E-state index contributed by atoms with van der Waals surface area (Å²) in [5.74, 6) is 0.464. The summed E-state index contributed by atoms with van der Waals surface area (Å²) in [7, 11) is 0. The van der Waals surface area contributed by atoms with Gasteiger partial charge in [0.15, 0.2) is 0 Å². The molecule has 1 heterocycles. The van der Waals surface area contributed by atoms with Gasteiger partial charge in [-0.2, -0.15) is 0 Å². The summed E-state index contributed by atoms with van der Waals surface area (Å²) in [5, 5.41) is 12.5. The predicted octanol–water partition coefficient (Wildman–Crippen LogP) is 2.29. The van der Waals surface area contributed by atoms with Crippen molar-refractivity contribution in [3.05, 3.63) is 18.7 Å². The van der Waals surface area contributed by atoms with Crippen LogP contribution in [0.3, 0.4) is 0 Å². The second-order valence-electron chi connectivity index (χ2n) is 4.16. The molecule has 1 aromatic heterocycles. The van der Waals surface area contributed by atoms with E-state index in [0.29, 0.717) is 12.5 Å². The van der Waals surface area contributed by atoms with Crippen LogP contribution in [0.4, 0.5) is 0 Å². The molecule has 15 heavy (non-hydrogen) atoms. The molecule has 1 aromatic rings. The quantitative estimate of drug-likeness (QED) is 0.469. The van der Waals surface area contributed by atoms with Crippen molar-refractivity contribution in [3.8, 4) is 0 Å². The first-order valence-corrected chi connectivity index (χ1v) is 5.56. The summed E-state index contributed by atoms with van der Waals surface area (Å²) in [5.41, 5.74) is 0.896. The Morgan fingerprint density at radius 3 is 2.80 bits per heavy atom. The Morgan fingerprint density at radius 2 is 2.20 bits per heavy atom. The fraction of sp³-hybridized carbons (Fsp3) is 0.636. The molecule has 0 amide bonds. The number of nitrogens with zero attached hydrogens (tertiary/aromatic N) is 3. The molecule has 0 radical (unpaired) electrons. The predicted molar refractivity (Wildman–Crippen MR) is 58.0 cm³/mol. The van der Waals surface area contributed by atoms with Gasteiger partial charge >= 0.3 is 0 Å². The van der Waals surface area contributed by atoms with Crippen molar-refractivity contribution >= 4 is 5.71 Å². The number of hydrogen-bond acceptors (Lipinski definition) is 3. The van der Waals surface area contributed by atoms with Crippen LogP contribution in [0.25, 0.3) is 0 Å². The monoisotopic (exact) mass is 207 g/mol. The number of imidazole rings is 1. The first-order chi connectivity index (χ1) is 7.40. The molecule has 0 saturated heterocycles. The van der Waals surface area contributed by atoms with Crippen molar-refractivity contribution in [1.29, 1.82) is 0 Å². The van der Waals surface area contributed by atoms with Gasteiger partial charge in [0.25, 0.3) is 0 Å². The van der Waals surface area contributed by atoms with Gasteiger partial charge in [-0.25, -0.2) is 4.98 Å². The van der Waals surface area contributed by atoms with Crippen molar-refractivity contribution in [2.45, 2.75) is 38.6 Å². The molecule has 0 spiro atoms. The zero-order valence-electron chi connectivity index (χ0n) is 8.84. The molecule has 1 saturated carbocycles. The van der Waals surface area contributed by atoms with Crippen molar-refractivity contribution in [2.75, 3.05) is 0 Å². The van der Waals surface area contributed by atoms with Crippen LogP contribution in [-0.4, -0.2) is 20.5 Å². The molecule has 4 nitrogen and oxygen atoms in total. The maximum Gasteiger partial charge on any atom is 0.0949 e. The third-order valence-electron chi connectivity index (χ3n) is 3.11. The van der Waals surface area contributed by atoms with E-state index in [1.807, 2.05) is 10.8 Å². The lowest BCUT2D eigenvalue weighted by Crippen LogP contribution is -2.22. The van der Waals surface area contributed by atoms with Gasteiger partial charge in [0.1, 0.15) is 0 Å². The lowest BCUT2D eigenvalue weighted by molar-refractivity contribution is 0.306. The Kier molecular flexibility index (Phi) is 3.37. The molecule has 0 atom stereocenters. The first-order valence-electron chi connectivity index (χ1n) is 5.56. The zero-order chi connectivity index (χ0) is 10.5. The smallest absolute Gasteiger partial charge is 0.0949 e. The SMILES string of the molecule is O/N=C(\Cn1ccnc1)C1CCCCC1. The lowest BCUT2D eigenvalue weighted by Gasteiger charge is -2.22. The van der Waals surface area contributed by atoms with Gasteiger partial charge in [0.05, 0.1) is 18.6 Å². The van der Waals surface area contributed by atoms with Crippen LogP contribution < -0.4 is 0 Å². The summed E-state index contributed by atoms with van der Waals surface area (Å²) in [6, 6.07) is 0. The molecule has 0 aliphatic heterocycles. The van der Waals surface area contributed by atoms with Crippen LogP contribution in [-0.2, 0) is 6.54 Å². The second-order valence-corrected chi connectivity index (χ2v) is 4.16. The van der Waals surface area contributed by atoms with Gasteiger partial charge in [0.2, 0.25) is 0 Å². The van der Waals surface area contributed by atoms with Crippen LogP contribution >= 0.6 is 0 Å². The first kappa shape index (κ1) is 10.2. The molecule has 0 aromatic carbocycles. The van der Waals surface area contributed by atoms with E-state index in [1.54, 1.807) is 12.5 Å². The van der Waals surface area contributed by atoms with Crippen molar-refractivity contribution in [2.24, 2.45) is 11.1 Å². The Balaban J connectivity index is 1.98. The van der Waals surface area contributed by atoms with Crippen LogP contribution in [0.5, 0.6) is 0 Å². The summed E-state index contributed by atoms with van der Waals surface area (Å²) in [4.78, 5) is 3.98. The fourth-order valence-corrected chi connectivity index (χ4v) is 2.25. The minimum absolute atomic E-state index is 0.464. The minimum atomic E-state index is 0.464. The molecular formula is C11H17N3O. The summed E-state index contributed by atoms with van der Waals surface area (Å²) >= 11 is 0. The van der Waals surface area contributed by atoms with Crippen molar-refractivity contribution in [3.63, 3.8) is 0 Å². The Hall–Kier alpha value is -1.32. The Labute approximate surface area is 89.6 Å². The average Bonchev–Trinajstić information content (AvgIpc) is 2.80. The standard InChI is InChI=1S/C11H17N3O/c15-13-11(8-14-7-6-12-9-14)10-4-2-1-3-5-10/h6-7,9-10,15H,1-5,8H2/b13-11+. The molecule has 1 aliphatic rings. The van der Waals surface area contributed by atoms with E-state index in [0.717, 1.165) is 18.6 Å². The van der Waals surface area contributed by atoms with E-state index < -0.39 is 0 Å². The van der Waals surface area contributed by atoms with Crippen LogP contribution in [0.2, 0.25) is 0 Å². The van der Waals surface area contributed by atoms with Crippen LogP contribution in [0.15, 0.2) is 23.9 Å². The topological polar surface area (TPSA) is 50.4 Å². The number of aromatic nitrogens is 2. The molecule has 2 rings (SSSR count). The minimum Gasteiger partial charge on any atom is -0.411 e. The molecule has 1 aliphatic carbocycles. The fourth-order valence-electron chi connectivity index (χ4n) is 2.25. The van der Waals surface area contributed by atoms with E-state index in [2.05, 4.69) is 10.1 Å². The van der Waals surface area contributed by atoms with Crippen LogP contribution in [0, 0.1) is 5.92 Å². The highest BCUT2D eigenvalue weighted by Crippen LogP contribution is 2.25. The highest BCUT2D eigenvalue weighted by molar-refractivity contribution is 5.86. The van der Waals surface area contributed by atoms with Gasteiger partial charge in [0, 0.05) is 18.3 Å². The second kappa shape index (κ2) is 4.96.